The van der Waals surface area contributed by atoms with Crippen molar-refractivity contribution in [2.75, 3.05) is 0 Å². The van der Waals surface area contributed by atoms with Gasteiger partial charge in [-0.25, -0.2) is 4.98 Å². The highest BCUT2D eigenvalue weighted by Gasteiger charge is 2.30. The molecule has 0 aliphatic rings. The van der Waals surface area contributed by atoms with Crippen molar-refractivity contribution < 1.29 is 14.4 Å². The second-order valence-corrected chi connectivity index (χ2v) is 10.0. The van der Waals surface area contributed by atoms with Gasteiger partial charge in [0.15, 0.2) is 10.6 Å². The average Bonchev–Trinajstić information content (AvgIpc) is 3.57. The van der Waals surface area contributed by atoms with E-state index >= 15 is 0 Å². The number of rotatable bonds is 8. The monoisotopic (exact) mass is 511 g/mol. The van der Waals surface area contributed by atoms with E-state index in [2.05, 4.69) is 32.5 Å². The largest absolute Gasteiger partial charge is 0.375 e. The molecule has 0 aliphatic heterocycles. The first-order valence-electron chi connectivity index (χ1n) is 11.1. The van der Waals surface area contributed by atoms with E-state index in [9.17, 15) is 14.4 Å². The van der Waals surface area contributed by atoms with Crippen molar-refractivity contribution >= 4 is 35.5 Å². The standard InChI is InChI=1S/C23H23ClN7O3P/c1-2-3-11-20-25-21(24)23(35(32,33)34)31(20)14-15-7-6-10-18-16(15)12-13-30(18)19-9-5-4-8-17(19)22-26-28-29-27-22/h4-10,12-13H,2-3,11,14H2,1H3,(H2,32,33,34)(H,26,27,28,29). The number of H-pyrrole nitrogens is 1. The Labute approximate surface area is 205 Å². The molecule has 3 heterocycles. The molecule has 3 aromatic heterocycles. The maximum Gasteiger partial charge on any atom is 0.375 e. The summed E-state index contributed by atoms with van der Waals surface area (Å²) in [5.74, 6) is 1.05. The molecule has 0 radical (unpaired) electrons. The van der Waals surface area contributed by atoms with Crippen LogP contribution in [0.2, 0.25) is 5.15 Å². The van der Waals surface area contributed by atoms with E-state index in [0.29, 0.717) is 18.1 Å². The first-order chi connectivity index (χ1) is 16.9. The Morgan fingerprint density at radius 2 is 1.94 bits per heavy atom. The number of hydrogen-bond acceptors (Lipinski definition) is 5. The first-order valence-corrected chi connectivity index (χ1v) is 13.1. The van der Waals surface area contributed by atoms with Crippen LogP contribution in [0.15, 0.2) is 54.7 Å². The van der Waals surface area contributed by atoms with Gasteiger partial charge in [0.1, 0.15) is 5.82 Å². The fourth-order valence-corrected chi connectivity index (χ4v) is 5.65. The number of imidazole rings is 1. The van der Waals surface area contributed by atoms with Gasteiger partial charge < -0.3 is 18.9 Å². The zero-order chi connectivity index (χ0) is 24.6. The number of nitrogens with zero attached hydrogens (tertiary/aromatic N) is 6. The van der Waals surface area contributed by atoms with Crippen molar-refractivity contribution in [3.05, 3.63) is 71.3 Å². The van der Waals surface area contributed by atoms with Crippen LogP contribution in [-0.4, -0.2) is 44.5 Å². The Morgan fingerprint density at radius 3 is 2.69 bits per heavy atom. The fourth-order valence-electron chi connectivity index (χ4n) is 4.32. The van der Waals surface area contributed by atoms with Gasteiger partial charge >= 0.3 is 7.60 Å². The molecule has 0 fully saturated rings. The van der Waals surface area contributed by atoms with Crippen molar-refractivity contribution in [2.45, 2.75) is 32.7 Å². The quantitative estimate of drug-likeness (QED) is 0.269. The van der Waals surface area contributed by atoms with Gasteiger partial charge in [0.05, 0.1) is 17.7 Å². The number of aromatic nitrogens is 7. The number of aryl methyl sites for hydroxylation is 1. The minimum absolute atomic E-state index is 0.150. The zero-order valence-electron chi connectivity index (χ0n) is 18.8. The van der Waals surface area contributed by atoms with Crippen molar-refractivity contribution in [3.63, 3.8) is 0 Å². The number of nitrogens with one attached hydrogen (secondary N) is 1. The average molecular weight is 512 g/mol. The highest BCUT2D eigenvalue weighted by atomic mass is 35.5. The molecule has 10 nitrogen and oxygen atoms in total. The van der Waals surface area contributed by atoms with Crippen molar-refractivity contribution in [3.8, 4) is 17.1 Å². The SMILES string of the molecule is CCCCc1nc(Cl)c(P(=O)(O)O)n1Cc1cccc2c1ccn2-c1ccccc1-c1nn[nH]n1. The Balaban J connectivity index is 1.62. The second kappa shape index (κ2) is 9.39. The molecule has 12 heteroatoms. The Morgan fingerprint density at radius 1 is 1.11 bits per heavy atom. The normalized spacial score (nSPS) is 12.0. The topological polar surface area (TPSA) is 135 Å². The fraction of sp³-hybridized carbons (Fsp3) is 0.217. The van der Waals surface area contributed by atoms with Crippen LogP contribution in [0, 0.1) is 0 Å². The first kappa shape index (κ1) is 23.4. The van der Waals surface area contributed by atoms with Gasteiger partial charge in [-0.15, -0.1) is 10.2 Å². The third-order valence-electron chi connectivity index (χ3n) is 5.91. The molecule has 0 atom stereocenters. The highest BCUT2D eigenvalue weighted by Crippen LogP contribution is 2.38. The van der Waals surface area contributed by atoms with E-state index in [4.69, 9.17) is 11.6 Å². The molecule has 3 N–H and O–H groups in total. The van der Waals surface area contributed by atoms with Gasteiger partial charge in [-0.3, -0.25) is 4.57 Å². The minimum Gasteiger partial charge on any atom is -0.320 e. The Kier molecular flexibility index (Phi) is 6.29. The van der Waals surface area contributed by atoms with Crippen LogP contribution in [0.5, 0.6) is 0 Å². The molecule has 0 spiro atoms. The summed E-state index contributed by atoms with van der Waals surface area (Å²) in [6, 6.07) is 15.6. The van der Waals surface area contributed by atoms with E-state index in [-0.39, 0.29) is 17.1 Å². The zero-order valence-corrected chi connectivity index (χ0v) is 20.5. The molecule has 180 valence electrons. The second-order valence-electron chi connectivity index (χ2n) is 8.16. The number of hydrogen-bond donors (Lipinski definition) is 3. The molecular formula is C23H23ClN7O3P. The van der Waals surface area contributed by atoms with Gasteiger partial charge in [-0.1, -0.05) is 49.2 Å². The number of aromatic amines is 1. The molecular weight excluding hydrogens is 489 g/mol. The summed E-state index contributed by atoms with van der Waals surface area (Å²) < 4.78 is 15.9. The molecule has 0 saturated heterocycles. The van der Waals surface area contributed by atoms with Crippen LogP contribution in [0.1, 0.15) is 31.2 Å². The Bertz CT molecular complexity index is 1540. The summed E-state index contributed by atoms with van der Waals surface area (Å²) in [5.41, 5.74) is 3.27. The molecule has 35 heavy (non-hydrogen) atoms. The number of halogens is 1. The highest BCUT2D eigenvalue weighted by molar-refractivity contribution is 7.60. The lowest BCUT2D eigenvalue weighted by Crippen LogP contribution is -2.21. The van der Waals surface area contributed by atoms with Crippen LogP contribution < -0.4 is 5.44 Å². The summed E-state index contributed by atoms with van der Waals surface area (Å²) in [6.07, 6.45) is 4.29. The third kappa shape index (κ3) is 4.41. The van der Waals surface area contributed by atoms with Gasteiger partial charge in [-0.05, 0) is 41.5 Å². The lowest BCUT2D eigenvalue weighted by Gasteiger charge is -2.14. The molecule has 2 aromatic carbocycles. The maximum absolute atomic E-state index is 12.3. The van der Waals surface area contributed by atoms with Gasteiger partial charge in [0.25, 0.3) is 0 Å². The van der Waals surface area contributed by atoms with Gasteiger partial charge in [0, 0.05) is 23.6 Å². The van der Waals surface area contributed by atoms with Crippen LogP contribution >= 0.6 is 19.2 Å². The lowest BCUT2D eigenvalue weighted by molar-refractivity contribution is 0.384. The molecule has 0 saturated carbocycles. The number of fused-ring (bicyclic) bond motifs is 1. The van der Waals surface area contributed by atoms with E-state index in [1.807, 2.05) is 59.3 Å². The summed E-state index contributed by atoms with van der Waals surface area (Å²) in [6.45, 7) is 2.28. The maximum atomic E-state index is 12.3. The van der Waals surface area contributed by atoms with Gasteiger partial charge in [-0.2, -0.15) is 5.21 Å². The number of benzene rings is 2. The summed E-state index contributed by atoms with van der Waals surface area (Å²) in [5, 5.41) is 15.2. The predicted octanol–water partition coefficient (Wildman–Crippen LogP) is 3.85. The minimum atomic E-state index is -4.64. The van der Waals surface area contributed by atoms with Crippen LogP contribution in [-0.2, 0) is 17.5 Å². The van der Waals surface area contributed by atoms with Gasteiger partial charge in [0.2, 0.25) is 5.82 Å². The molecule has 0 amide bonds. The van der Waals surface area contributed by atoms with Crippen molar-refractivity contribution in [1.82, 2.24) is 34.7 Å². The van der Waals surface area contributed by atoms with E-state index < -0.39 is 7.60 Å². The van der Waals surface area contributed by atoms with Crippen LogP contribution in [0.25, 0.3) is 28.0 Å². The number of para-hydroxylation sites is 1. The smallest absolute Gasteiger partial charge is 0.320 e. The molecule has 0 unspecified atom stereocenters. The molecule has 0 bridgehead atoms. The predicted molar refractivity (Wildman–Crippen MR) is 133 cm³/mol. The molecule has 0 aliphatic carbocycles. The van der Waals surface area contributed by atoms with Crippen LogP contribution in [0.4, 0.5) is 0 Å². The third-order valence-corrected chi connectivity index (χ3v) is 7.31. The molecule has 5 rings (SSSR count). The van der Waals surface area contributed by atoms with E-state index in [1.54, 1.807) is 4.57 Å². The summed E-state index contributed by atoms with van der Waals surface area (Å²) in [4.78, 5) is 24.3. The summed E-state index contributed by atoms with van der Waals surface area (Å²) >= 11 is 6.20. The van der Waals surface area contributed by atoms with Crippen LogP contribution in [0.3, 0.4) is 0 Å². The molecule has 5 aromatic rings. The Hall–Kier alpha value is -3.30. The van der Waals surface area contributed by atoms with E-state index in [1.165, 1.54) is 0 Å². The summed E-state index contributed by atoms with van der Waals surface area (Å²) in [7, 11) is -4.64. The van der Waals surface area contributed by atoms with E-state index in [0.717, 1.165) is 40.6 Å². The number of unbranched alkanes of at least 4 members (excludes halogenated alkanes) is 1. The number of tetrazole rings is 1. The van der Waals surface area contributed by atoms with Crippen molar-refractivity contribution in [1.29, 1.82) is 0 Å². The van der Waals surface area contributed by atoms with Crippen molar-refractivity contribution in [2.24, 2.45) is 0 Å². The lowest BCUT2D eigenvalue weighted by atomic mass is 10.1.